The van der Waals surface area contributed by atoms with Crippen molar-refractivity contribution in [2.24, 2.45) is 0 Å². The topological polar surface area (TPSA) is 40.5 Å². The highest BCUT2D eigenvalue weighted by Gasteiger charge is 2.26. The van der Waals surface area contributed by atoms with Crippen molar-refractivity contribution >= 4 is 5.97 Å². The molecule has 1 fully saturated rings. The molecular formula is C15H21NO2. The number of rotatable bonds is 4. The number of hydrogen-bond acceptors (Lipinski definition) is 2. The Morgan fingerprint density at radius 3 is 2.94 bits per heavy atom. The number of likely N-dealkylation sites (tertiary alicyclic amines) is 1. The maximum atomic E-state index is 10.8. The number of hydrogen-bond donors (Lipinski definition) is 1. The summed E-state index contributed by atoms with van der Waals surface area (Å²) >= 11 is 0. The molecule has 0 aliphatic carbocycles. The van der Waals surface area contributed by atoms with E-state index in [0.29, 0.717) is 0 Å². The molecule has 18 heavy (non-hydrogen) atoms. The Morgan fingerprint density at radius 1 is 1.44 bits per heavy atom. The summed E-state index contributed by atoms with van der Waals surface area (Å²) in [5.41, 5.74) is 3.89. The van der Waals surface area contributed by atoms with Gasteiger partial charge in [-0.2, -0.15) is 0 Å². The average Bonchev–Trinajstić information content (AvgIpc) is 2.70. The highest BCUT2D eigenvalue weighted by Crippen LogP contribution is 2.24. The van der Waals surface area contributed by atoms with Gasteiger partial charge in [-0.3, -0.25) is 9.69 Å². The maximum Gasteiger partial charge on any atom is 0.304 e. The van der Waals surface area contributed by atoms with Crippen molar-refractivity contribution in [3.63, 3.8) is 0 Å². The third kappa shape index (κ3) is 3.10. The highest BCUT2D eigenvalue weighted by atomic mass is 16.4. The molecule has 0 aromatic heterocycles. The standard InChI is InChI=1S/C15H21NO2/c1-11-5-6-12(2)13(8-11)10-16-7-3-4-14(16)9-15(17)18/h5-6,8,14H,3-4,7,9-10H2,1-2H3,(H,17,18). The van der Waals surface area contributed by atoms with Gasteiger partial charge in [-0.05, 0) is 44.4 Å². The van der Waals surface area contributed by atoms with Gasteiger partial charge in [-0.25, -0.2) is 0 Å². The Kier molecular flexibility index (Phi) is 4.02. The van der Waals surface area contributed by atoms with Crippen LogP contribution < -0.4 is 0 Å². The first-order valence-electron chi connectivity index (χ1n) is 6.58. The monoisotopic (exact) mass is 247 g/mol. The normalized spacial score (nSPS) is 20.2. The van der Waals surface area contributed by atoms with Gasteiger partial charge in [0.1, 0.15) is 0 Å². The Balaban J connectivity index is 2.08. The number of carboxylic acid groups (broad SMARTS) is 1. The molecular weight excluding hydrogens is 226 g/mol. The van der Waals surface area contributed by atoms with Crippen molar-refractivity contribution in [2.45, 2.75) is 45.7 Å². The Labute approximate surface area is 108 Å². The molecule has 1 aliphatic heterocycles. The van der Waals surface area contributed by atoms with E-state index in [-0.39, 0.29) is 12.5 Å². The summed E-state index contributed by atoms with van der Waals surface area (Å²) in [6, 6.07) is 6.69. The number of benzene rings is 1. The summed E-state index contributed by atoms with van der Waals surface area (Å²) in [5.74, 6) is -0.687. The molecule has 0 radical (unpaired) electrons. The second kappa shape index (κ2) is 5.53. The number of carboxylic acids is 1. The van der Waals surface area contributed by atoms with Crippen molar-refractivity contribution in [3.8, 4) is 0 Å². The minimum Gasteiger partial charge on any atom is -0.481 e. The molecule has 2 rings (SSSR count). The van der Waals surface area contributed by atoms with Gasteiger partial charge in [0.25, 0.3) is 0 Å². The average molecular weight is 247 g/mol. The highest BCUT2D eigenvalue weighted by molar-refractivity contribution is 5.67. The number of aliphatic carboxylic acids is 1. The van der Waals surface area contributed by atoms with E-state index in [0.717, 1.165) is 25.9 Å². The minimum absolute atomic E-state index is 0.211. The second-order valence-corrected chi connectivity index (χ2v) is 5.29. The largest absolute Gasteiger partial charge is 0.481 e. The van der Waals surface area contributed by atoms with Crippen LogP contribution in [0.25, 0.3) is 0 Å². The third-order valence-corrected chi connectivity index (χ3v) is 3.79. The SMILES string of the molecule is Cc1ccc(C)c(CN2CCCC2CC(=O)O)c1. The van der Waals surface area contributed by atoms with Crippen LogP contribution in [0, 0.1) is 13.8 Å². The van der Waals surface area contributed by atoms with Crippen molar-refractivity contribution < 1.29 is 9.90 Å². The Hall–Kier alpha value is -1.35. The molecule has 1 N–H and O–H groups in total. The molecule has 1 unspecified atom stereocenters. The fourth-order valence-corrected chi connectivity index (χ4v) is 2.73. The van der Waals surface area contributed by atoms with Gasteiger partial charge >= 0.3 is 5.97 Å². The molecule has 1 saturated heterocycles. The fourth-order valence-electron chi connectivity index (χ4n) is 2.73. The van der Waals surface area contributed by atoms with Gasteiger partial charge in [0, 0.05) is 12.6 Å². The van der Waals surface area contributed by atoms with Gasteiger partial charge < -0.3 is 5.11 Å². The second-order valence-electron chi connectivity index (χ2n) is 5.29. The van der Waals surface area contributed by atoms with Crippen LogP contribution in [0.5, 0.6) is 0 Å². The van der Waals surface area contributed by atoms with Gasteiger partial charge in [0.2, 0.25) is 0 Å². The lowest BCUT2D eigenvalue weighted by atomic mass is 10.0. The van der Waals surface area contributed by atoms with E-state index in [9.17, 15) is 4.79 Å². The summed E-state index contributed by atoms with van der Waals surface area (Å²) in [5, 5.41) is 8.93. The zero-order chi connectivity index (χ0) is 13.1. The van der Waals surface area contributed by atoms with Gasteiger partial charge in [0.15, 0.2) is 0 Å². The summed E-state index contributed by atoms with van der Waals surface area (Å²) in [6.07, 6.45) is 2.39. The summed E-state index contributed by atoms with van der Waals surface area (Å²) in [4.78, 5) is 13.2. The molecule has 1 aromatic rings. The predicted octanol–water partition coefficient (Wildman–Crippen LogP) is 2.74. The zero-order valence-corrected chi connectivity index (χ0v) is 11.1. The third-order valence-electron chi connectivity index (χ3n) is 3.79. The number of carbonyl (C=O) groups is 1. The van der Waals surface area contributed by atoms with E-state index in [1.54, 1.807) is 0 Å². The summed E-state index contributed by atoms with van der Waals surface area (Å²) in [7, 11) is 0. The molecule has 0 amide bonds. The first kappa shape index (κ1) is 13.1. The molecule has 3 nitrogen and oxygen atoms in total. The van der Waals surface area contributed by atoms with Crippen LogP contribution in [0.1, 0.15) is 36.0 Å². The summed E-state index contributed by atoms with van der Waals surface area (Å²) < 4.78 is 0. The molecule has 0 saturated carbocycles. The van der Waals surface area contributed by atoms with E-state index in [1.165, 1.54) is 16.7 Å². The van der Waals surface area contributed by atoms with E-state index >= 15 is 0 Å². The maximum absolute atomic E-state index is 10.8. The van der Waals surface area contributed by atoms with E-state index in [2.05, 4.69) is 36.9 Å². The van der Waals surface area contributed by atoms with Crippen LogP contribution in [0.2, 0.25) is 0 Å². The van der Waals surface area contributed by atoms with E-state index < -0.39 is 5.97 Å². The first-order chi connectivity index (χ1) is 8.56. The van der Waals surface area contributed by atoms with Crippen molar-refractivity contribution in [1.82, 2.24) is 4.90 Å². The van der Waals surface area contributed by atoms with Crippen LogP contribution in [0.3, 0.4) is 0 Å². The van der Waals surface area contributed by atoms with Gasteiger partial charge in [-0.15, -0.1) is 0 Å². The van der Waals surface area contributed by atoms with Crippen molar-refractivity contribution in [1.29, 1.82) is 0 Å². The van der Waals surface area contributed by atoms with Gasteiger partial charge in [0.05, 0.1) is 6.42 Å². The smallest absolute Gasteiger partial charge is 0.304 e. The molecule has 3 heteroatoms. The van der Waals surface area contributed by atoms with Crippen LogP contribution in [0.4, 0.5) is 0 Å². The van der Waals surface area contributed by atoms with E-state index in [4.69, 9.17) is 5.11 Å². The van der Waals surface area contributed by atoms with Crippen LogP contribution >= 0.6 is 0 Å². The molecule has 1 heterocycles. The Bertz CT molecular complexity index is 442. The molecule has 1 aromatic carbocycles. The number of nitrogens with zero attached hydrogens (tertiary/aromatic N) is 1. The van der Waals surface area contributed by atoms with Crippen LogP contribution in [-0.2, 0) is 11.3 Å². The quantitative estimate of drug-likeness (QED) is 0.889. The molecule has 1 aliphatic rings. The molecule has 1 atom stereocenters. The fraction of sp³-hybridized carbons (Fsp3) is 0.533. The number of aryl methyl sites for hydroxylation is 2. The molecule has 0 spiro atoms. The van der Waals surface area contributed by atoms with Crippen LogP contribution in [0.15, 0.2) is 18.2 Å². The molecule has 98 valence electrons. The Morgan fingerprint density at radius 2 is 2.22 bits per heavy atom. The van der Waals surface area contributed by atoms with E-state index in [1.807, 2.05) is 0 Å². The van der Waals surface area contributed by atoms with Crippen molar-refractivity contribution in [2.75, 3.05) is 6.54 Å². The predicted molar refractivity (Wildman–Crippen MR) is 71.6 cm³/mol. The lowest BCUT2D eigenvalue weighted by Crippen LogP contribution is -2.31. The minimum atomic E-state index is -0.687. The van der Waals surface area contributed by atoms with Crippen LogP contribution in [-0.4, -0.2) is 28.6 Å². The van der Waals surface area contributed by atoms with Gasteiger partial charge in [-0.1, -0.05) is 23.8 Å². The lowest BCUT2D eigenvalue weighted by molar-refractivity contribution is -0.138. The zero-order valence-electron chi connectivity index (χ0n) is 11.1. The molecule has 0 bridgehead atoms. The lowest BCUT2D eigenvalue weighted by Gasteiger charge is -2.24. The summed E-state index contributed by atoms with van der Waals surface area (Å²) in [6.45, 7) is 6.12. The van der Waals surface area contributed by atoms with Crippen molar-refractivity contribution in [3.05, 3.63) is 34.9 Å². The first-order valence-corrected chi connectivity index (χ1v) is 6.58.